The zero-order valence-electron chi connectivity index (χ0n) is 29.2. The zero-order valence-corrected chi connectivity index (χ0v) is 29.2. The summed E-state index contributed by atoms with van der Waals surface area (Å²) in [6.07, 6.45) is 5.66. The Morgan fingerprint density at radius 2 is 1.66 bits per heavy atom. The van der Waals surface area contributed by atoms with Crippen LogP contribution in [0.2, 0.25) is 0 Å². The lowest BCUT2D eigenvalue weighted by atomic mass is 9.98. The predicted octanol–water partition coefficient (Wildman–Crippen LogP) is 6.27. The highest BCUT2D eigenvalue weighted by Gasteiger charge is 2.33. The van der Waals surface area contributed by atoms with Gasteiger partial charge in [0.1, 0.15) is 0 Å². The van der Waals surface area contributed by atoms with Gasteiger partial charge in [-0.25, -0.2) is 0 Å². The summed E-state index contributed by atoms with van der Waals surface area (Å²) < 4.78 is 13.3. The summed E-state index contributed by atoms with van der Waals surface area (Å²) >= 11 is 0. The summed E-state index contributed by atoms with van der Waals surface area (Å²) in [5.74, 6) is 0.00391. The molecule has 1 aliphatic rings. The Morgan fingerprint density at radius 3 is 2.42 bits per heavy atom. The Balaban J connectivity index is 1.23. The van der Waals surface area contributed by atoms with Gasteiger partial charge in [0, 0.05) is 69.8 Å². The summed E-state index contributed by atoms with van der Waals surface area (Å²) in [6.45, 7) is 4.24. The fourth-order valence-corrected chi connectivity index (χ4v) is 6.19. The van der Waals surface area contributed by atoms with Crippen LogP contribution in [0.4, 0.5) is 0 Å². The fourth-order valence-electron chi connectivity index (χ4n) is 6.19. The Morgan fingerprint density at radius 1 is 0.860 bits per heavy atom. The number of rotatable bonds is 17. The highest BCUT2D eigenvalue weighted by molar-refractivity contribution is 5.76. The minimum Gasteiger partial charge on any atom is -0.392 e. The number of pyridine rings is 1. The van der Waals surface area contributed by atoms with Gasteiger partial charge in [0.25, 0.3) is 0 Å². The third-order valence-corrected chi connectivity index (χ3v) is 8.97. The maximum absolute atomic E-state index is 12.5. The van der Waals surface area contributed by atoms with Crippen LogP contribution in [0.3, 0.4) is 0 Å². The van der Waals surface area contributed by atoms with E-state index in [-0.39, 0.29) is 30.6 Å². The molecule has 264 valence electrons. The molecule has 0 bridgehead atoms. The number of benzene rings is 3. The molecular formula is C41H50N4O5. The lowest BCUT2D eigenvalue weighted by molar-refractivity contribution is -0.252. The van der Waals surface area contributed by atoms with Crippen LogP contribution in [0.5, 0.6) is 0 Å². The van der Waals surface area contributed by atoms with Gasteiger partial charge in [-0.1, -0.05) is 73.2 Å². The lowest BCUT2D eigenvalue weighted by Gasteiger charge is -2.38. The van der Waals surface area contributed by atoms with Gasteiger partial charge in [0.2, 0.25) is 11.8 Å². The van der Waals surface area contributed by atoms with E-state index < -0.39 is 6.29 Å². The number of nitrogens with one attached hydrogen (secondary N) is 2. The highest BCUT2D eigenvalue weighted by atomic mass is 16.7. The third-order valence-electron chi connectivity index (χ3n) is 8.97. The van der Waals surface area contributed by atoms with Gasteiger partial charge in [0.15, 0.2) is 6.29 Å². The molecule has 1 aromatic heterocycles. The number of hydrogen-bond acceptors (Lipinski definition) is 7. The van der Waals surface area contributed by atoms with Crippen molar-refractivity contribution in [3.63, 3.8) is 0 Å². The van der Waals surface area contributed by atoms with Crippen molar-refractivity contribution >= 4 is 11.8 Å². The number of likely N-dealkylation sites (N-methyl/N-ethyl adjacent to an activating group) is 1. The van der Waals surface area contributed by atoms with E-state index in [1.165, 1.54) is 6.92 Å². The molecule has 5 rings (SSSR count). The highest BCUT2D eigenvalue weighted by Crippen LogP contribution is 2.39. The molecule has 9 heteroatoms. The third kappa shape index (κ3) is 11.6. The summed E-state index contributed by atoms with van der Waals surface area (Å²) in [7, 11) is 2.12. The van der Waals surface area contributed by atoms with Crippen molar-refractivity contribution in [2.75, 3.05) is 26.7 Å². The van der Waals surface area contributed by atoms with E-state index in [9.17, 15) is 14.7 Å². The Kier molecular flexibility index (Phi) is 14.1. The number of hydrogen-bond donors (Lipinski definition) is 3. The van der Waals surface area contributed by atoms with Gasteiger partial charge in [-0.05, 0) is 72.0 Å². The van der Waals surface area contributed by atoms with E-state index in [0.717, 1.165) is 77.8 Å². The molecule has 2 amide bonds. The lowest BCUT2D eigenvalue weighted by Crippen LogP contribution is -2.38. The smallest absolute Gasteiger partial charge is 0.220 e. The number of amides is 2. The molecule has 1 saturated heterocycles. The Hall–Kier alpha value is -4.41. The van der Waals surface area contributed by atoms with Crippen LogP contribution < -0.4 is 10.6 Å². The second kappa shape index (κ2) is 19.1. The average Bonchev–Trinajstić information content (AvgIpc) is 3.15. The van der Waals surface area contributed by atoms with Crippen molar-refractivity contribution < 1.29 is 24.2 Å². The standard InChI is InChI=1S/C41H50N4O5/c1-30(47)42-21-6-3-4-15-40(48)44-27-32-10-8-11-34(24-32)35-12-9-13-36(25-35)41-49-38(28-45(2)23-20-37-14-5-7-22-43-37)26-39(50-41)33-18-16-31(29-46)17-19-33/h5,7-14,16-19,22,24-25,38-39,41,46H,3-4,6,15,20-21,23,26-29H2,1-2H3,(H,42,47)(H,44,48). The first-order chi connectivity index (χ1) is 24.4. The van der Waals surface area contributed by atoms with Crippen LogP contribution in [-0.4, -0.2) is 59.6 Å². The molecule has 50 heavy (non-hydrogen) atoms. The monoisotopic (exact) mass is 678 g/mol. The molecule has 3 atom stereocenters. The van der Waals surface area contributed by atoms with Gasteiger partial charge in [-0.2, -0.15) is 0 Å². The summed E-state index contributed by atoms with van der Waals surface area (Å²) in [5, 5.41) is 15.4. The first-order valence-electron chi connectivity index (χ1n) is 17.7. The molecule has 1 aliphatic heterocycles. The van der Waals surface area contributed by atoms with Crippen LogP contribution in [0.1, 0.15) is 79.4 Å². The first-order valence-corrected chi connectivity index (χ1v) is 17.7. The predicted molar refractivity (Wildman–Crippen MR) is 195 cm³/mol. The van der Waals surface area contributed by atoms with Gasteiger partial charge >= 0.3 is 0 Å². The van der Waals surface area contributed by atoms with Crippen LogP contribution in [0.25, 0.3) is 11.1 Å². The fraction of sp³-hybridized carbons (Fsp3) is 0.390. The number of carbonyl (C=O) groups is 2. The molecule has 0 spiro atoms. The van der Waals surface area contributed by atoms with Crippen LogP contribution in [-0.2, 0) is 38.6 Å². The van der Waals surface area contributed by atoms with E-state index in [0.29, 0.717) is 25.9 Å². The average molecular weight is 679 g/mol. The number of ether oxygens (including phenoxy) is 2. The van der Waals surface area contributed by atoms with Crippen molar-refractivity contribution in [3.05, 3.63) is 125 Å². The molecule has 3 N–H and O–H groups in total. The minimum atomic E-state index is -0.555. The quantitative estimate of drug-likeness (QED) is 0.113. The van der Waals surface area contributed by atoms with E-state index in [1.54, 1.807) is 0 Å². The van der Waals surface area contributed by atoms with Crippen molar-refractivity contribution in [3.8, 4) is 11.1 Å². The number of unbranched alkanes of at least 4 members (excludes halogenated alkanes) is 2. The number of aliphatic hydroxyl groups is 1. The van der Waals surface area contributed by atoms with Gasteiger partial charge < -0.3 is 30.1 Å². The van der Waals surface area contributed by atoms with Crippen LogP contribution >= 0.6 is 0 Å². The molecule has 0 saturated carbocycles. The van der Waals surface area contributed by atoms with Gasteiger partial charge in [-0.15, -0.1) is 0 Å². The summed E-state index contributed by atoms with van der Waals surface area (Å²) in [5.41, 5.74) is 7.06. The maximum atomic E-state index is 12.5. The number of nitrogens with zero attached hydrogens (tertiary/aromatic N) is 2. The second-order valence-corrected chi connectivity index (χ2v) is 13.1. The summed E-state index contributed by atoms with van der Waals surface area (Å²) in [4.78, 5) is 30.2. The molecule has 2 heterocycles. The van der Waals surface area contributed by atoms with Crippen molar-refractivity contribution in [2.45, 2.75) is 77.1 Å². The van der Waals surface area contributed by atoms with E-state index in [2.05, 4.69) is 57.9 Å². The Bertz CT molecular complexity index is 1650. The first kappa shape index (κ1) is 36.9. The molecule has 9 nitrogen and oxygen atoms in total. The molecule has 3 unspecified atom stereocenters. The summed E-state index contributed by atoms with van der Waals surface area (Å²) in [6, 6.07) is 30.5. The van der Waals surface area contributed by atoms with Gasteiger partial charge in [0.05, 0.1) is 18.8 Å². The van der Waals surface area contributed by atoms with E-state index >= 15 is 0 Å². The number of aromatic nitrogens is 1. The Labute approximate surface area is 296 Å². The van der Waals surface area contributed by atoms with Gasteiger partial charge in [-0.3, -0.25) is 14.6 Å². The topological polar surface area (TPSA) is 113 Å². The second-order valence-electron chi connectivity index (χ2n) is 13.1. The van der Waals surface area contributed by atoms with Crippen LogP contribution in [0.15, 0.2) is 97.2 Å². The van der Waals surface area contributed by atoms with Crippen molar-refractivity contribution in [1.29, 1.82) is 0 Å². The van der Waals surface area contributed by atoms with E-state index in [1.807, 2.05) is 66.9 Å². The number of aliphatic hydroxyl groups excluding tert-OH is 1. The molecule has 0 radical (unpaired) electrons. The molecule has 3 aromatic carbocycles. The molecular weight excluding hydrogens is 628 g/mol. The van der Waals surface area contributed by atoms with Crippen LogP contribution in [0, 0.1) is 0 Å². The zero-order chi connectivity index (χ0) is 35.1. The normalized spacial score (nSPS) is 17.4. The number of carbonyl (C=O) groups excluding carboxylic acids is 2. The maximum Gasteiger partial charge on any atom is 0.220 e. The van der Waals surface area contributed by atoms with Crippen molar-refractivity contribution in [1.82, 2.24) is 20.5 Å². The largest absolute Gasteiger partial charge is 0.392 e. The SMILES string of the molecule is CC(=O)NCCCCCC(=O)NCc1cccc(-c2cccc(C3OC(CN(C)CCc4ccccn4)CC(c4ccc(CO)cc4)O3)c2)c1. The van der Waals surface area contributed by atoms with Crippen molar-refractivity contribution in [2.24, 2.45) is 0 Å². The molecule has 1 fully saturated rings. The molecule has 4 aromatic rings. The molecule has 0 aliphatic carbocycles. The van der Waals surface area contributed by atoms with E-state index in [4.69, 9.17) is 9.47 Å². The minimum absolute atomic E-state index is 0.00369.